The van der Waals surface area contributed by atoms with Crippen molar-refractivity contribution in [3.8, 4) is 0 Å². The van der Waals surface area contributed by atoms with E-state index in [0.29, 0.717) is 0 Å². The van der Waals surface area contributed by atoms with Gasteiger partial charge in [-0.2, -0.15) is 0 Å². The summed E-state index contributed by atoms with van der Waals surface area (Å²) in [6, 6.07) is 0. The highest BCUT2D eigenvalue weighted by molar-refractivity contribution is 4.55. The second kappa shape index (κ2) is 9.28. The first-order valence-corrected chi connectivity index (χ1v) is 2.61. The first-order valence-electron chi connectivity index (χ1n) is 2.61. The fraction of sp³-hybridized carbons (Fsp3) is 0. The Morgan fingerprint density at radius 3 is 1.25 bits per heavy atom. The van der Waals surface area contributed by atoms with Crippen molar-refractivity contribution in [2.75, 3.05) is 0 Å². The Kier molecular flexibility index (Phi) is 9.99. The third kappa shape index (κ3) is 6.40. The van der Waals surface area contributed by atoms with Crippen LogP contribution in [0.3, 0.4) is 0 Å². The maximum Gasteiger partial charge on any atom is 0.0690 e. The van der Waals surface area contributed by atoms with Crippen molar-refractivity contribution in [3.63, 3.8) is 0 Å². The maximum atomic E-state index is 3.42. The summed E-state index contributed by atoms with van der Waals surface area (Å²) in [5, 5.41) is 18.5. The Labute approximate surface area is 71.4 Å². The minimum atomic E-state index is 0. The molecule has 0 bridgehead atoms. The minimum Gasteiger partial charge on any atom is -0.266 e. The molecule has 0 amide bonds. The molecule has 60 valence electrons. The predicted octanol–water partition coefficient (Wildman–Crippen LogP) is -0.228. The van der Waals surface area contributed by atoms with Crippen LogP contribution in [0.1, 0.15) is 0 Å². The molecule has 2 heterocycles. The zero-order chi connectivity index (χ0) is 7.07. The molecule has 2 aromatic rings. The lowest BCUT2D eigenvalue weighted by Gasteiger charge is -1.46. The molecule has 0 spiro atoms. The molecule has 0 aromatic carbocycles. The first-order chi connectivity index (χ1) is 5.00. The van der Waals surface area contributed by atoms with Crippen molar-refractivity contribution in [1.82, 2.24) is 30.8 Å². The Bertz CT molecular complexity index is 151. The zero-order valence-corrected chi connectivity index (χ0v) is 6.10. The van der Waals surface area contributed by atoms with E-state index < -0.39 is 0 Å². The molecule has 0 fully saturated rings. The lowest BCUT2D eigenvalue weighted by Crippen LogP contribution is -1.61. The average molecular weight is 162 g/mol. The van der Waals surface area contributed by atoms with E-state index in [1.807, 2.05) is 0 Å². The van der Waals surface area contributed by atoms with Crippen LogP contribution in [0.5, 0.6) is 0 Å². The molecule has 0 aliphatic rings. The van der Waals surface area contributed by atoms with E-state index in [-0.39, 0.29) is 14.9 Å². The largest absolute Gasteiger partial charge is 0.266 e. The van der Waals surface area contributed by atoms with Crippen LogP contribution in [0.4, 0.5) is 0 Å². The average Bonchev–Trinajstić information content (AvgIpc) is 2.67. The smallest absolute Gasteiger partial charge is 0.0690 e. The van der Waals surface area contributed by atoms with Crippen LogP contribution in [-0.2, 0) is 0 Å². The Balaban J connectivity index is 0. The highest BCUT2D eigenvalue weighted by atomic mass is 15.3. The van der Waals surface area contributed by atoms with Crippen molar-refractivity contribution in [2.24, 2.45) is 0 Å². The molecule has 0 atom stereocenters. The lowest BCUT2D eigenvalue weighted by atomic mass is 11.0. The molecule has 12 heavy (non-hydrogen) atoms. The summed E-state index contributed by atoms with van der Waals surface area (Å²) >= 11 is 0. The van der Waals surface area contributed by atoms with Crippen LogP contribution >= 0.6 is 0 Å². The standard InChI is InChI=1S/2C2H3N3.2C/c2*1-2-4-5-3-1;;/h2*1-2H,(H,3,4,5);;. The predicted molar refractivity (Wildman–Crippen MR) is 39.3 cm³/mol. The van der Waals surface area contributed by atoms with E-state index in [0.717, 1.165) is 0 Å². The van der Waals surface area contributed by atoms with Crippen LogP contribution in [0.15, 0.2) is 24.8 Å². The monoisotopic (exact) mass is 162 g/mol. The second-order valence-electron chi connectivity index (χ2n) is 1.32. The summed E-state index contributed by atoms with van der Waals surface area (Å²) in [7, 11) is 0. The minimum absolute atomic E-state index is 0. The molecule has 0 unspecified atom stereocenters. The van der Waals surface area contributed by atoms with Gasteiger partial charge in [-0.15, -0.1) is 10.2 Å². The lowest BCUT2D eigenvalue weighted by molar-refractivity contribution is 0.940. The van der Waals surface area contributed by atoms with Crippen LogP contribution in [0.2, 0.25) is 0 Å². The fourth-order valence-corrected chi connectivity index (χ4v) is 0.333. The van der Waals surface area contributed by atoms with Gasteiger partial charge in [0.15, 0.2) is 0 Å². The molecular weight excluding hydrogens is 156 g/mol. The van der Waals surface area contributed by atoms with Gasteiger partial charge in [-0.3, -0.25) is 10.2 Å². The molecule has 2 aromatic heterocycles. The van der Waals surface area contributed by atoms with Gasteiger partial charge in [-0.25, -0.2) is 0 Å². The molecule has 0 aliphatic carbocycles. The second-order valence-corrected chi connectivity index (χ2v) is 1.32. The van der Waals surface area contributed by atoms with Gasteiger partial charge in [0.1, 0.15) is 0 Å². The topological polar surface area (TPSA) is 83.1 Å². The van der Waals surface area contributed by atoms with E-state index in [1.54, 1.807) is 24.8 Å². The highest BCUT2D eigenvalue weighted by Crippen LogP contribution is 1.56. The van der Waals surface area contributed by atoms with Gasteiger partial charge in [-0.1, -0.05) is 10.4 Å². The summed E-state index contributed by atoms with van der Waals surface area (Å²) in [4.78, 5) is 0. The van der Waals surface area contributed by atoms with Crippen molar-refractivity contribution >= 4 is 0 Å². The van der Waals surface area contributed by atoms with Gasteiger partial charge in [0, 0.05) is 27.2 Å². The van der Waals surface area contributed by atoms with Crippen molar-refractivity contribution in [2.45, 2.75) is 0 Å². The SMILES string of the molecule is [C].[C].c1c[nH]nn1.c1c[nH]nn1. The number of hydrogen-bond acceptors (Lipinski definition) is 4. The molecule has 2 N–H and O–H groups in total. The van der Waals surface area contributed by atoms with Gasteiger partial charge < -0.3 is 0 Å². The first kappa shape index (κ1) is 12.9. The number of nitrogens with one attached hydrogen (secondary N) is 2. The summed E-state index contributed by atoms with van der Waals surface area (Å²) in [6.45, 7) is 0. The molecular formula is C6H6N6. The number of aromatic amines is 2. The Morgan fingerprint density at radius 1 is 0.750 bits per heavy atom. The summed E-state index contributed by atoms with van der Waals surface area (Å²) < 4.78 is 0. The van der Waals surface area contributed by atoms with Crippen LogP contribution in [0.25, 0.3) is 0 Å². The van der Waals surface area contributed by atoms with Crippen molar-refractivity contribution in [3.05, 3.63) is 39.6 Å². The van der Waals surface area contributed by atoms with E-state index in [9.17, 15) is 0 Å². The third-order valence-corrected chi connectivity index (χ3v) is 0.662. The number of H-pyrrole nitrogens is 2. The molecule has 8 radical (unpaired) electrons. The maximum absolute atomic E-state index is 3.42. The fourth-order valence-electron chi connectivity index (χ4n) is 0.333. The normalized spacial score (nSPS) is 6.67. The van der Waals surface area contributed by atoms with Crippen molar-refractivity contribution < 1.29 is 0 Å². The van der Waals surface area contributed by atoms with Crippen LogP contribution < -0.4 is 0 Å². The van der Waals surface area contributed by atoms with Crippen molar-refractivity contribution in [1.29, 1.82) is 0 Å². The summed E-state index contributed by atoms with van der Waals surface area (Å²) in [5.41, 5.74) is 0. The number of nitrogens with zero attached hydrogens (tertiary/aromatic N) is 4. The van der Waals surface area contributed by atoms with Gasteiger partial charge in [0.05, 0.1) is 12.4 Å². The molecule has 6 nitrogen and oxygen atoms in total. The zero-order valence-electron chi connectivity index (χ0n) is 6.10. The van der Waals surface area contributed by atoms with E-state index in [2.05, 4.69) is 30.8 Å². The molecule has 0 aliphatic heterocycles. The number of rotatable bonds is 0. The molecule has 2 rings (SSSR count). The third-order valence-electron chi connectivity index (χ3n) is 0.662. The van der Waals surface area contributed by atoms with E-state index in [4.69, 9.17) is 0 Å². The molecule has 0 saturated heterocycles. The van der Waals surface area contributed by atoms with Crippen LogP contribution in [0, 0.1) is 14.9 Å². The Hall–Kier alpha value is -1.72. The Morgan fingerprint density at radius 2 is 1.17 bits per heavy atom. The van der Waals surface area contributed by atoms with Crippen LogP contribution in [-0.4, -0.2) is 30.8 Å². The summed E-state index contributed by atoms with van der Waals surface area (Å²) in [6.07, 6.45) is 6.47. The number of hydrogen-bond donors (Lipinski definition) is 2. The van der Waals surface area contributed by atoms with Gasteiger partial charge >= 0.3 is 0 Å². The summed E-state index contributed by atoms with van der Waals surface area (Å²) in [5.74, 6) is 0. The van der Waals surface area contributed by atoms with Gasteiger partial charge in [0.2, 0.25) is 0 Å². The highest BCUT2D eigenvalue weighted by Gasteiger charge is 1.58. The van der Waals surface area contributed by atoms with Gasteiger partial charge in [0.25, 0.3) is 0 Å². The molecule has 6 heteroatoms. The van der Waals surface area contributed by atoms with E-state index >= 15 is 0 Å². The quantitative estimate of drug-likeness (QED) is 0.560. The molecule has 0 saturated carbocycles. The van der Waals surface area contributed by atoms with E-state index in [1.165, 1.54) is 0 Å². The van der Waals surface area contributed by atoms with Gasteiger partial charge in [-0.05, 0) is 0 Å². The number of aromatic nitrogens is 6.